The van der Waals surface area contributed by atoms with Crippen molar-refractivity contribution in [2.45, 2.75) is 162 Å². The molecule has 3 fully saturated rings. The number of rotatable bonds is 24. The summed E-state index contributed by atoms with van der Waals surface area (Å²) >= 11 is 0. The highest BCUT2D eigenvalue weighted by Crippen LogP contribution is 2.39. The van der Waals surface area contributed by atoms with Crippen molar-refractivity contribution < 1.29 is 17.4 Å². The summed E-state index contributed by atoms with van der Waals surface area (Å²) in [4.78, 5) is 15.8. The van der Waals surface area contributed by atoms with E-state index in [2.05, 4.69) is 38.6 Å². The van der Waals surface area contributed by atoms with Crippen LogP contribution >= 0.6 is 0 Å². The molecule has 6 rings (SSSR count). The van der Waals surface area contributed by atoms with Crippen LogP contribution in [0, 0.1) is 0 Å². The number of unbranched alkanes of at least 4 members (excludes halogenated alkanes) is 15. The van der Waals surface area contributed by atoms with Gasteiger partial charge in [0.2, 0.25) is 9.84 Å². The number of piperazine rings is 1. The zero-order valence-corrected chi connectivity index (χ0v) is 39.1. The lowest BCUT2D eigenvalue weighted by Crippen LogP contribution is -2.54. The van der Waals surface area contributed by atoms with E-state index in [0.717, 1.165) is 70.3 Å². The van der Waals surface area contributed by atoms with Crippen molar-refractivity contribution in [3.63, 3.8) is 0 Å². The number of anilines is 1. The van der Waals surface area contributed by atoms with Gasteiger partial charge in [-0.2, -0.15) is 0 Å². The summed E-state index contributed by atoms with van der Waals surface area (Å²) in [5, 5.41) is 0.744. The molecule has 3 saturated heterocycles. The Balaban J connectivity index is 0.982. The maximum absolute atomic E-state index is 14.5. The van der Waals surface area contributed by atoms with Gasteiger partial charge >= 0.3 is 0 Å². The lowest BCUT2D eigenvalue weighted by Gasteiger charge is -2.46. The van der Waals surface area contributed by atoms with Crippen molar-refractivity contribution in [2.24, 2.45) is 0 Å². The van der Waals surface area contributed by atoms with E-state index in [9.17, 15) is 12.6 Å². The molecular formula is C49H77N5O4S2. The normalized spacial score (nSPS) is 18.7. The van der Waals surface area contributed by atoms with Gasteiger partial charge in [0.05, 0.1) is 22.7 Å². The van der Waals surface area contributed by atoms with Gasteiger partial charge in [-0.25, -0.2) is 8.42 Å². The Morgan fingerprint density at radius 1 is 0.667 bits per heavy atom. The van der Waals surface area contributed by atoms with Crippen molar-refractivity contribution in [2.75, 3.05) is 77.2 Å². The van der Waals surface area contributed by atoms with Crippen molar-refractivity contribution in [1.82, 2.24) is 19.7 Å². The van der Waals surface area contributed by atoms with Crippen LogP contribution in [0.1, 0.15) is 135 Å². The first-order valence-electron chi connectivity index (χ1n) is 23.9. The largest absolute Gasteiger partial charge is 0.494 e. The van der Waals surface area contributed by atoms with Crippen LogP contribution in [-0.4, -0.2) is 117 Å². The Hall–Kier alpha value is -2.57. The molecule has 3 aliphatic heterocycles. The highest BCUT2D eigenvalue weighted by Gasteiger charge is 2.34. The molecule has 60 heavy (non-hydrogen) atoms. The summed E-state index contributed by atoms with van der Waals surface area (Å²) in [6, 6.07) is 13.7. The Kier molecular flexibility index (Phi) is 19.0. The minimum absolute atomic E-state index is 0.210. The van der Waals surface area contributed by atoms with Crippen molar-refractivity contribution >= 4 is 37.2 Å². The third-order valence-corrected chi connectivity index (χ3v) is 16.3. The average Bonchev–Trinajstić information content (AvgIpc) is 3.27. The van der Waals surface area contributed by atoms with Crippen molar-refractivity contribution in [3.8, 4) is 5.75 Å². The third kappa shape index (κ3) is 13.5. The first kappa shape index (κ1) is 46.9. The molecule has 11 heteroatoms. The summed E-state index contributed by atoms with van der Waals surface area (Å²) in [6.07, 6.45) is 29.0. The second-order valence-corrected chi connectivity index (χ2v) is 21.4. The molecular weight excluding hydrogens is 787 g/mol. The number of benzene rings is 2. The number of ether oxygens (including phenoxy) is 1. The summed E-state index contributed by atoms with van der Waals surface area (Å²) < 4.78 is 47.7. The standard InChI is InChI=1S/C49H77N5O4S2/c1-4-5-6-7-8-9-10-11-12-13-14-15-16-17-18-19-38-58-43-20-23-45(24-21-43)60(56,57)48-40-50-47-25-22-44(59(3)55)39-46(47)49(48)54-32-28-41(29-33-54)52-30-26-42(27-31-52)53-36-34-51(2)35-37-53/h20-25,39-42H,4-19,26-38H2,1-3H3/t59-/m0/s1. The second-order valence-electron chi connectivity index (χ2n) is 18.1. The van der Waals surface area contributed by atoms with Gasteiger partial charge in [-0.3, -0.25) is 14.1 Å². The highest BCUT2D eigenvalue weighted by molar-refractivity contribution is 7.91. The van der Waals surface area contributed by atoms with Gasteiger partial charge in [-0.05, 0) is 94.7 Å². The molecule has 0 aliphatic carbocycles. The van der Waals surface area contributed by atoms with Gasteiger partial charge in [0.25, 0.3) is 0 Å². The van der Waals surface area contributed by atoms with Crippen molar-refractivity contribution in [1.29, 1.82) is 0 Å². The lowest BCUT2D eigenvalue weighted by molar-refractivity contribution is 0.0495. The monoisotopic (exact) mass is 864 g/mol. The molecule has 334 valence electrons. The number of nitrogens with zero attached hydrogens (tertiary/aromatic N) is 5. The number of sulfone groups is 1. The van der Waals surface area contributed by atoms with E-state index in [1.54, 1.807) is 30.5 Å². The lowest BCUT2D eigenvalue weighted by atomic mass is 9.96. The van der Waals surface area contributed by atoms with Crippen LogP contribution in [0.5, 0.6) is 5.75 Å². The minimum Gasteiger partial charge on any atom is -0.494 e. The van der Waals surface area contributed by atoms with E-state index in [-0.39, 0.29) is 9.79 Å². The molecule has 3 aliphatic rings. The van der Waals surface area contributed by atoms with Crippen LogP contribution in [0.2, 0.25) is 0 Å². The van der Waals surface area contributed by atoms with Crippen LogP contribution in [0.25, 0.3) is 10.9 Å². The van der Waals surface area contributed by atoms with E-state index in [4.69, 9.17) is 4.74 Å². The maximum Gasteiger partial charge on any atom is 0.210 e. The van der Waals surface area contributed by atoms with E-state index >= 15 is 0 Å². The van der Waals surface area contributed by atoms with Gasteiger partial charge < -0.3 is 19.4 Å². The van der Waals surface area contributed by atoms with Crippen LogP contribution in [0.3, 0.4) is 0 Å². The summed E-state index contributed by atoms with van der Waals surface area (Å²) in [6.45, 7) is 11.4. The Morgan fingerprint density at radius 3 is 1.73 bits per heavy atom. The average molecular weight is 864 g/mol. The SMILES string of the molecule is CCCCCCCCCCCCCCCCCCOc1ccc(S(=O)(=O)c2cnc3ccc([S@](C)=O)cc3c2N2CCC(N3CCC(N4CCN(C)CC4)CC3)CC2)cc1. The molecule has 3 aromatic rings. The van der Waals surface area contributed by atoms with Crippen LogP contribution in [-0.2, 0) is 20.6 Å². The quantitative estimate of drug-likeness (QED) is 0.0818. The van der Waals surface area contributed by atoms with Crippen LogP contribution in [0.15, 0.2) is 63.3 Å². The zero-order valence-electron chi connectivity index (χ0n) is 37.5. The molecule has 0 bridgehead atoms. The molecule has 1 aromatic heterocycles. The fraction of sp³-hybridized carbons (Fsp3) is 0.694. The molecule has 0 saturated carbocycles. The summed E-state index contributed by atoms with van der Waals surface area (Å²) in [5.74, 6) is 0.691. The third-order valence-electron chi connectivity index (χ3n) is 13.6. The summed E-state index contributed by atoms with van der Waals surface area (Å²) in [7, 11) is -2.91. The first-order valence-corrected chi connectivity index (χ1v) is 26.9. The van der Waals surface area contributed by atoms with Gasteiger partial charge in [0.1, 0.15) is 10.6 Å². The Labute approximate surface area is 366 Å². The number of hydrogen-bond acceptors (Lipinski definition) is 9. The number of fused-ring (bicyclic) bond motifs is 1. The number of piperidine rings is 2. The molecule has 0 radical (unpaired) electrons. The van der Waals surface area contributed by atoms with E-state index in [1.165, 1.54) is 122 Å². The van der Waals surface area contributed by atoms with Crippen molar-refractivity contribution in [3.05, 3.63) is 48.7 Å². The fourth-order valence-corrected chi connectivity index (χ4v) is 11.8. The topological polar surface area (TPSA) is 86.3 Å². The minimum atomic E-state index is -3.92. The van der Waals surface area contributed by atoms with Crippen LogP contribution in [0.4, 0.5) is 5.69 Å². The number of pyridine rings is 1. The number of aromatic nitrogens is 1. The van der Waals surface area contributed by atoms with Gasteiger partial charge in [-0.1, -0.05) is 103 Å². The molecule has 2 aromatic carbocycles. The second kappa shape index (κ2) is 24.3. The van der Waals surface area contributed by atoms with E-state index < -0.39 is 20.6 Å². The number of likely N-dealkylation sites (N-methyl/N-ethyl adjacent to an activating group) is 1. The Bertz CT molecular complexity index is 1850. The molecule has 0 unspecified atom stereocenters. The smallest absolute Gasteiger partial charge is 0.210 e. The van der Waals surface area contributed by atoms with Gasteiger partial charge in [0, 0.05) is 84.9 Å². The summed E-state index contributed by atoms with van der Waals surface area (Å²) in [5.41, 5.74) is 1.40. The maximum atomic E-state index is 14.5. The van der Waals surface area contributed by atoms with Crippen LogP contribution < -0.4 is 9.64 Å². The van der Waals surface area contributed by atoms with E-state index in [0.29, 0.717) is 40.5 Å². The predicted molar refractivity (Wildman–Crippen MR) is 250 cm³/mol. The first-order chi connectivity index (χ1) is 29.2. The van der Waals surface area contributed by atoms with Gasteiger partial charge in [0.15, 0.2) is 0 Å². The molecule has 0 amide bonds. The van der Waals surface area contributed by atoms with E-state index in [1.807, 2.05) is 18.2 Å². The fourth-order valence-electron chi connectivity index (χ4n) is 9.78. The molecule has 1 atom stereocenters. The molecule has 0 N–H and O–H groups in total. The zero-order chi connectivity index (χ0) is 42.2. The molecule has 0 spiro atoms. The number of likely N-dealkylation sites (tertiary alicyclic amines) is 1. The Morgan fingerprint density at radius 2 is 1.18 bits per heavy atom. The number of hydrogen-bond donors (Lipinski definition) is 0. The highest BCUT2D eigenvalue weighted by atomic mass is 32.2. The van der Waals surface area contributed by atoms with Gasteiger partial charge in [-0.15, -0.1) is 0 Å². The molecule has 4 heterocycles. The molecule has 9 nitrogen and oxygen atoms in total. The predicted octanol–water partition coefficient (Wildman–Crippen LogP) is 10.1.